The first kappa shape index (κ1) is 20.1. The molecule has 0 unspecified atom stereocenters. The van der Waals surface area contributed by atoms with E-state index in [1.807, 2.05) is 18.7 Å². The van der Waals surface area contributed by atoms with E-state index in [0.717, 1.165) is 37.1 Å². The van der Waals surface area contributed by atoms with Crippen molar-refractivity contribution in [1.29, 1.82) is 0 Å². The number of carbonyl (C=O) groups is 1. The van der Waals surface area contributed by atoms with Gasteiger partial charge in [0.25, 0.3) is 10.0 Å². The highest BCUT2D eigenvalue weighted by Crippen LogP contribution is 2.30. The molecule has 0 saturated carbocycles. The summed E-state index contributed by atoms with van der Waals surface area (Å²) in [6.45, 7) is 7.44. The van der Waals surface area contributed by atoms with Gasteiger partial charge in [-0.15, -0.1) is 0 Å². The fourth-order valence-corrected chi connectivity index (χ4v) is 4.34. The first-order valence-electron chi connectivity index (χ1n) is 9.26. The van der Waals surface area contributed by atoms with Crippen molar-refractivity contribution >= 4 is 27.5 Å². The second-order valence-electron chi connectivity index (χ2n) is 7.42. The zero-order valence-corrected chi connectivity index (χ0v) is 17.1. The van der Waals surface area contributed by atoms with Crippen molar-refractivity contribution in [3.8, 4) is 0 Å². The highest BCUT2D eigenvalue weighted by molar-refractivity contribution is 7.92. The van der Waals surface area contributed by atoms with Crippen LogP contribution in [0.5, 0.6) is 0 Å². The van der Waals surface area contributed by atoms with Gasteiger partial charge in [-0.05, 0) is 61.9 Å². The normalized spacial score (nSPS) is 15.5. The van der Waals surface area contributed by atoms with E-state index in [2.05, 4.69) is 16.6 Å². The molecule has 2 aromatic rings. The molecule has 1 aliphatic heterocycles. The van der Waals surface area contributed by atoms with Gasteiger partial charge in [-0.3, -0.25) is 4.72 Å². The Bertz CT molecular complexity index is 997. The van der Waals surface area contributed by atoms with Crippen LogP contribution < -0.4 is 9.62 Å². The van der Waals surface area contributed by atoms with Crippen molar-refractivity contribution in [2.75, 3.05) is 22.7 Å². The lowest BCUT2D eigenvalue weighted by atomic mass is 9.99. The Labute approximate surface area is 165 Å². The average Bonchev–Trinajstić information content (AvgIpc) is 2.64. The van der Waals surface area contributed by atoms with Gasteiger partial charge in [0, 0.05) is 19.3 Å². The summed E-state index contributed by atoms with van der Waals surface area (Å²) in [5.41, 5.74) is 1.99. The molecule has 7 nitrogen and oxygen atoms in total. The van der Waals surface area contributed by atoms with E-state index < -0.39 is 16.0 Å². The number of piperidine rings is 1. The maximum absolute atomic E-state index is 12.9. The molecule has 1 fully saturated rings. The fraction of sp³-hybridized carbons (Fsp3) is 0.400. The second-order valence-corrected chi connectivity index (χ2v) is 9.10. The quantitative estimate of drug-likeness (QED) is 0.793. The van der Waals surface area contributed by atoms with Gasteiger partial charge < -0.3 is 10.0 Å². The molecule has 0 atom stereocenters. The number of aromatic nitrogens is 1. The van der Waals surface area contributed by atoms with Crippen LogP contribution in [0.4, 0.5) is 11.5 Å². The molecule has 1 aromatic heterocycles. The molecule has 8 heteroatoms. The Morgan fingerprint density at radius 1 is 1.18 bits per heavy atom. The lowest BCUT2D eigenvalue weighted by molar-refractivity contribution is 0.0696. The third-order valence-electron chi connectivity index (χ3n) is 5.23. The number of hydrogen-bond donors (Lipinski definition) is 2. The minimum Gasteiger partial charge on any atom is -0.478 e. The summed E-state index contributed by atoms with van der Waals surface area (Å²) in [6, 6.07) is 6.24. The summed E-state index contributed by atoms with van der Waals surface area (Å²) in [5.74, 6) is -0.0903. The molecular weight excluding hydrogens is 378 g/mol. The highest BCUT2D eigenvalue weighted by Gasteiger charge is 2.24. The minimum atomic E-state index is -3.88. The number of carboxylic acid groups (broad SMARTS) is 1. The van der Waals surface area contributed by atoms with Crippen LogP contribution in [0.1, 0.15) is 41.3 Å². The largest absolute Gasteiger partial charge is 0.478 e. The molecule has 2 heterocycles. The summed E-state index contributed by atoms with van der Waals surface area (Å²) in [5, 5.41) is 9.30. The number of sulfonamides is 1. The molecule has 3 rings (SSSR count). The van der Waals surface area contributed by atoms with Gasteiger partial charge in [0.15, 0.2) is 5.82 Å². The fourth-order valence-electron chi connectivity index (χ4n) is 3.21. The van der Waals surface area contributed by atoms with Crippen LogP contribution in [0.15, 0.2) is 35.4 Å². The number of pyridine rings is 1. The number of nitrogens with one attached hydrogen (secondary N) is 1. The van der Waals surface area contributed by atoms with Crippen LogP contribution in [0.3, 0.4) is 0 Å². The van der Waals surface area contributed by atoms with Gasteiger partial charge in [0.1, 0.15) is 0 Å². The summed E-state index contributed by atoms with van der Waals surface area (Å²) in [6.07, 6.45) is 3.22. The van der Waals surface area contributed by atoms with Crippen molar-refractivity contribution in [2.45, 2.75) is 38.5 Å². The molecule has 1 aromatic carbocycles. The van der Waals surface area contributed by atoms with Crippen LogP contribution in [0, 0.1) is 19.8 Å². The number of nitrogens with zero attached hydrogens (tertiary/aromatic N) is 2. The van der Waals surface area contributed by atoms with E-state index in [0.29, 0.717) is 11.7 Å². The molecule has 28 heavy (non-hydrogen) atoms. The number of anilines is 2. The number of benzene rings is 1. The van der Waals surface area contributed by atoms with Crippen molar-refractivity contribution in [1.82, 2.24) is 4.98 Å². The molecule has 0 spiro atoms. The standard InChI is InChI=1S/C20H25N3O4S/c1-13-6-8-23(9-7-13)19-18(11-16(12-21-19)20(24)25)22-28(26,27)17-5-4-14(2)15(3)10-17/h4-5,10-13,22H,6-9H2,1-3H3,(H,24,25). The average molecular weight is 404 g/mol. The molecule has 2 N–H and O–H groups in total. The molecule has 1 aliphatic rings. The summed E-state index contributed by atoms with van der Waals surface area (Å²) in [7, 11) is -3.88. The predicted octanol–water partition coefficient (Wildman–Crippen LogP) is 3.43. The van der Waals surface area contributed by atoms with Gasteiger partial charge in [-0.2, -0.15) is 0 Å². The van der Waals surface area contributed by atoms with Crippen LogP contribution in [0.2, 0.25) is 0 Å². The lowest BCUT2D eigenvalue weighted by Crippen LogP contribution is -2.34. The molecular formula is C20H25N3O4S. The Hall–Kier alpha value is -2.61. The maximum Gasteiger partial charge on any atom is 0.337 e. The molecule has 0 radical (unpaired) electrons. The van der Waals surface area contributed by atoms with E-state index in [9.17, 15) is 18.3 Å². The number of aryl methyl sites for hydroxylation is 2. The summed E-state index contributed by atoms with van der Waals surface area (Å²) >= 11 is 0. The highest BCUT2D eigenvalue weighted by atomic mass is 32.2. The Kier molecular flexibility index (Phi) is 5.60. The third kappa shape index (κ3) is 4.27. The molecule has 0 bridgehead atoms. The summed E-state index contributed by atoms with van der Waals surface area (Å²) < 4.78 is 28.4. The van der Waals surface area contributed by atoms with Crippen LogP contribution in [-0.4, -0.2) is 37.6 Å². The van der Waals surface area contributed by atoms with E-state index in [4.69, 9.17) is 0 Å². The van der Waals surface area contributed by atoms with Crippen molar-refractivity contribution in [2.24, 2.45) is 5.92 Å². The third-order valence-corrected chi connectivity index (χ3v) is 6.59. The molecule has 0 aliphatic carbocycles. The van der Waals surface area contributed by atoms with Crippen molar-refractivity contribution in [3.63, 3.8) is 0 Å². The summed E-state index contributed by atoms with van der Waals surface area (Å²) in [4.78, 5) is 17.8. The number of hydrogen-bond acceptors (Lipinski definition) is 5. The van der Waals surface area contributed by atoms with E-state index >= 15 is 0 Å². The first-order valence-corrected chi connectivity index (χ1v) is 10.7. The smallest absolute Gasteiger partial charge is 0.337 e. The predicted molar refractivity (Wildman–Crippen MR) is 109 cm³/mol. The van der Waals surface area contributed by atoms with Crippen LogP contribution >= 0.6 is 0 Å². The van der Waals surface area contributed by atoms with Gasteiger partial charge in [-0.25, -0.2) is 18.2 Å². The molecule has 150 valence electrons. The molecule has 1 saturated heterocycles. The van der Waals surface area contributed by atoms with E-state index in [1.165, 1.54) is 12.3 Å². The van der Waals surface area contributed by atoms with Gasteiger partial charge in [0.05, 0.1) is 16.1 Å². The topological polar surface area (TPSA) is 99.6 Å². The maximum atomic E-state index is 12.9. The van der Waals surface area contributed by atoms with Gasteiger partial charge in [0.2, 0.25) is 0 Å². The zero-order valence-electron chi connectivity index (χ0n) is 16.3. The van der Waals surface area contributed by atoms with Crippen molar-refractivity contribution in [3.05, 3.63) is 47.2 Å². The minimum absolute atomic E-state index is 0.0630. The Morgan fingerprint density at radius 2 is 1.86 bits per heavy atom. The Morgan fingerprint density at radius 3 is 2.46 bits per heavy atom. The molecule has 0 amide bonds. The zero-order chi connectivity index (χ0) is 20.5. The van der Waals surface area contributed by atoms with E-state index in [-0.39, 0.29) is 16.1 Å². The number of aromatic carboxylic acids is 1. The Balaban J connectivity index is 1.99. The SMILES string of the molecule is Cc1ccc(S(=O)(=O)Nc2cc(C(=O)O)cnc2N2CCC(C)CC2)cc1C. The first-order chi connectivity index (χ1) is 13.2. The number of carboxylic acids is 1. The number of rotatable bonds is 5. The van der Waals surface area contributed by atoms with Crippen LogP contribution in [-0.2, 0) is 10.0 Å². The monoisotopic (exact) mass is 403 g/mol. The van der Waals surface area contributed by atoms with Gasteiger partial charge in [-0.1, -0.05) is 13.0 Å². The second kappa shape index (κ2) is 7.79. The van der Waals surface area contributed by atoms with E-state index in [1.54, 1.807) is 18.2 Å². The van der Waals surface area contributed by atoms with Crippen LogP contribution in [0.25, 0.3) is 0 Å². The van der Waals surface area contributed by atoms with Crippen molar-refractivity contribution < 1.29 is 18.3 Å². The van der Waals surface area contributed by atoms with Gasteiger partial charge >= 0.3 is 5.97 Å². The lowest BCUT2D eigenvalue weighted by Gasteiger charge is -2.32.